The van der Waals surface area contributed by atoms with E-state index in [0.29, 0.717) is 17.8 Å². The Morgan fingerprint density at radius 2 is 1.81 bits per heavy atom. The minimum absolute atomic E-state index is 0.0491. The molecule has 1 saturated carbocycles. The molecule has 0 aromatic heterocycles. The summed E-state index contributed by atoms with van der Waals surface area (Å²) >= 11 is 2.28. The van der Waals surface area contributed by atoms with Crippen molar-refractivity contribution in [3.63, 3.8) is 0 Å². The summed E-state index contributed by atoms with van der Waals surface area (Å²) in [4.78, 5) is 24.2. The Labute approximate surface area is 167 Å². The molecule has 5 heteroatoms. The molecule has 2 atom stereocenters. The fourth-order valence-corrected chi connectivity index (χ4v) is 3.81. The van der Waals surface area contributed by atoms with Crippen LogP contribution < -0.4 is 5.32 Å². The summed E-state index contributed by atoms with van der Waals surface area (Å²) in [5.74, 6) is -0.0873. The molecule has 2 aromatic rings. The monoisotopic (exact) mass is 463 g/mol. The van der Waals surface area contributed by atoms with E-state index >= 15 is 0 Å². The molecule has 136 valence electrons. The fourth-order valence-electron chi connectivity index (χ4n) is 3.45. The largest absolute Gasteiger partial charge is 0.465 e. The SMILES string of the molecule is COC(=O)c1ccc([C@@H](Nc2ccc(I)cc2)C2CCCCC2=O)cc1. The molecule has 0 bridgehead atoms. The van der Waals surface area contributed by atoms with Gasteiger partial charge in [-0.25, -0.2) is 4.79 Å². The molecule has 0 amide bonds. The van der Waals surface area contributed by atoms with Crippen molar-refractivity contribution in [3.05, 3.63) is 63.2 Å². The van der Waals surface area contributed by atoms with Gasteiger partial charge in [0.25, 0.3) is 0 Å². The lowest BCUT2D eigenvalue weighted by atomic mass is 9.80. The Bertz CT molecular complexity index is 771. The molecule has 0 spiro atoms. The van der Waals surface area contributed by atoms with Crippen LogP contribution in [0.15, 0.2) is 48.5 Å². The van der Waals surface area contributed by atoms with Crippen LogP contribution in [0, 0.1) is 9.49 Å². The summed E-state index contributed by atoms with van der Waals surface area (Å²) < 4.78 is 5.93. The number of halogens is 1. The molecule has 1 N–H and O–H groups in total. The Balaban J connectivity index is 1.90. The van der Waals surface area contributed by atoms with E-state index in [-0.39, 0.29) is 17.9 Å². The second-order valence-corrected chi connectivity index (χ2v) is 7.81. The number of ether oxygens (including phenoxy) is 1. The van der Waals surface area contributed by atoms with Gasteiger partial charge in [-0.05, 0) is 77.4 Å². The first-order chi connectivity index (χ1) is 12.6. The van der Waals surface area contributed by atoms with E-state index in [1.807, 2.05) is 36.4 Å². The van der Waals surface area contributed by atoms with Crippen molar-refractivity contribution in [2.75, 3.05) is 12.4 Å². The highest BCUT2D eigenvalue weighted by atomic mass is 127. The van der Waals surface area contributed by atoms with E-state index in [4.69, 9.17) is 4.74 Å². The highest BCUT2D eigenvalue weighted by Gasteiger charge is 2.31. The number of carbonyl (C=O) groups excluding carboxylic acids is 2. The summed E-state index contributed by atoms with van der Waals surface area (Å²) in [6.45, 7) is 0. The molecule has 3 rings (SSSR count). The van der Waals surface area contributed by atoms with Crippen molar-refractivity contribution in [3.8, 4) is 0 Å². The number of hydrogen-bond donors (Lipinski definition) is 1. The number of esters is 1. The molecule has 1 aliphatic rings. The minimum atomic E-state index is -0.354. The number of hydrogen-bond acceptors (Lipinski definition) is 4. The average molecular weight is 463 g/mol. The van der Waals surface area contributed by atoms with Gasteiger partial charge in [-0.2, -0.15) is 0 Å². The normalized spacial score (nSPS) is 18.2. The maximum absolute atomic E-state index is 12.6. The van der Waals surface area contributed by atoms with Gasteiger partial charge in [0.15, 0.2) is 0 Å². The van der Waals surface area contributed by atoms with Crippen LogP contribution in [0.5, 0.6) is 0 Å². The van der Waals surface area contributed by atoms with Gasteiger partial charge in [0, 0.05) is 21.6 Å². The minimum Gasteiger partial charge on any atom is -0.465 e. The average Bonchev–Trinajstić information content (AvgIpc) is 2.68. The molecule has 1 aliphatic carbocycles. The van der Waals surface area contributed by atoms with Gasteiger partial charge in [-0.1, -0.05) is 18.6 Å². The maximum Gasteiger partial charge on any atom is 0.337 e. The summed E-state index contributed by atoms with van der Waals surface area (Å²) in [6, 6.07) is 15.4. The molecule has 0 radical (unpaired) electrons. The molecule has 0 heterocycles. The van der Waals surface area contributed by atoms with Crippen LogP contribution in [-0.4, -0.2) is 18.9 Å². The van der Waals surface area contributed by atoms with E-state index in [1.165, 1.54) is 10.7 Å². The lowest BCUT2D eigenvalue weighted by molar-refractivity contribution is -0.125. The zero-order valence-corrected chi connectivity index (χ0v) is 16.9. The zero-order valence-electron chi connectivity index (χ0n) is 14.7. The molecule has 26 heavy (non-hydrogen) atoms. The quantitative estimate of drug-likeness (QED) is 0.502. The van der Waals surface area contributed by atoms with Gasteiger partial charge >= 0.3 is 5.97 Å². The lowest BCUT2D eigenvalue weighted by Crippen LogP contribution is -2.30. The summed E-state index contributed by atoms with van der Waals surface area (Å²) in [7, 11) is 1.37. The Morgan fingerprint density at radius 3 is 2.42 bits per heavy atom. The van der Waals surface area contributed by atoms with E-state index < -0.39 is 0 Å². The van der Waals surface area contributed by atoms with E-state index in [9.17, 15) is 9.59 Å². The molecule has 2 aromatic carbocycles. The Hall–Kier alpha value is -1.89. The predicted molar refractivity (Wildman–Crippen MR) is 110 cm³/mol. The third-order valence-corrected chi connectivity index (χ3v) is 5.58. The number of anilines is 1. The molecular formula is C21H22INO3. The van der Waals surface area contributed by atoms with Crippen molar-refractivity contribution in [1.29, 1.82) is 0 Å². The topological polar surface area (TPSA) is 55.4 Å². The summed E-state index contributed by atoms with van der Waals surface area (Å²) in [5.41, 5.74) is 2.52. The number of methoxy groups -OCH3 is 1. The first-order valence-corrected chi connectivity index (χ1v) is 9.89. The van der Waals surface area contributed by atoms with Crippen molar-refractivity contribution in [1.82, 2.24) is 0 Å². The summed E-state index contributed by atoms with van der Waals surface area (Å²) in [6.07, 6.45) is 3.59. The molecule has 0 saturated heterocycles. The van der Waals surface area contributed by atoms with Crippen LogP contribution >= 0.6 is 22.6 Å². The molecule has 1 unspecified atom stereocenters. The van der Waals surface area contributed by atoms with Crippen LogP contribution in [-0.2, 0) is 9.53 Å². The third-order valence-electron chi connectivity index (χ3n) is 4.86. The lowest BCUT2D eigenvalue weighted by Gasteiger charge is -2.31. The predicted octanol–water partition coefficient (Wildman–Crippen LogP) is 4.99. The van der Waals surface area contributed by atoms with Crippen molar-refractivity contribution in [2.45, 2.75) is 31.7 Å². The standard InChI is InChI=1S/C21H22INO3/c1-26-21(25)15-8-6-14(7-9-15)20(18-4-2-3-5-19(18)24)23-17-12-10-16(22)11-13-17/h6-13,18,20,23H,2-5H2,1H3/t18?,20-/m1/s1. The van der Waals surface area contributed by atoms with Crippen LogP contribution in [0.4, 0.5) is 5.69 Å². The highest BCUT2D eigenvalue weighted by molar-refractivity contribution is 14.1. The van der Waals surface area contributed by atoms with Gasteiger partial charge in [-0.3, -0.25) is 4.79 Å². The molecular weight excluding hydrogens is 441 g/mol. The van der Waals surface area contributed by atoms with Crippen LogP contribution in [0.2, 0.25) is 0 Å². The van der Waals surface area contributed by atoms with Gasteiger partial charge in [-0.15, -0.1) is 0 Å². The van der Waals surface area contributed by atoms with E-state index in [0.717, 1.165) is 30.5 Å². The highest BCUT2D eigenvalue weighted by Crippen LogP contribution is 2.35. The van der Waals surface area contributed by atoms with Crippen LogP contribution in [0.3, 0.4) is 0 Å². The second-order valence-electron chi connectivity index (χ2n) is 6.56. The number of carbonyl (C=O) groups is 2. The maximum atomic E-state index is 12.6. The molecule has 0 aliphatic heterocycles. The number of ketones is 1. The summed E-state index contributed by atoms with van der Waals surface area (Å²) in [5, 5.41) is 3.54. The van der Waals surface area contributed by atoms with Crippen LogP contribution in [0.1, 0.15) is 47.6 Å². The zero-order chi connectivity index (χ0) is 18.5. The van der Waals surface area contributed by atoms with E-state index in [2.05, 4.69) is 27.9 Å². The molecule has 1 fully saturated rings. The Morgan fingerprint density at radius 1 is 1.12 bits per heavy atom. The fraction of sp³-hybridized carbons (Fsp3) is 0.333. The van der Waals surface area contributed by atoms with Gasteiger partial charge in [0.1, 0.15) is 5.78 Å². The van der Waals surface area contributed by atoms with Gasteiger partial charge < -0.3 is 10.1 Å². The number of nitrogens with one attached hydrogen (secondary N) is 1. The first-order valence-electron chi connectivity index (χ1n) is 8.81. The smallest absolute Gasteiger partial charge is 0.337 e. The van der Waals surface area contributed by atoms with Crippen molar-refractivity contribution >= 4 is 40.0 Å². The number of Topliss-reactive ketones (excluding diaryl/α,β-unsaturated/α-hetero) is 1. The third kappa shape index (κ3) is 4.44. The number of benzene rings is 2. The van der Waals surface area contributed by atoms with Crippen molar-refractivity contribution in [2.24, 2.45) is 5.92 Å². The van der Waals surface area contributed by atoms with Crippen molar-refractivity contribution < 1.29 is 14.3 Å². The molecule has 4 nitrogen and oxygen atoms in total. The van der Waals surface area contributed by atoms with Crippen LogP contribution in [0.25, 0.3) is 0 Å². The number of rotatable bonds is 5. The second kappa shape index (κ2) is 8.66. The van der Waals surface area contributed by atoms with Gasteiger partial charge in [0.05, 0.1) is 18.7 Å². The van der Waals surface area contributed by atoms with E-state index in [1.54, 1.807) is 12.1 Å². The first kappa shape index (κ1) is 18.9. The van der Waals surface area contributed by atoms with Gasteiger partial charge in [0.2, 0.25) is 0 Å². The Kier molecular flexibility index (Phi) is 6.29.